The molecule has 0 aliphatic rings. The number of furan rings is 1. The van der Waals surface area contributed by atoms with Gasteiger partial charge in [-0.1, -0.05) is 20.8 Å². The van der Waals surface area contributed by atoms with Crippen LogP contribution in [-0.2, 0) is 5.41 Å². The average Bonchev–Trinajstić information content (AvgIpc) is 2.32. The lowest BCUT2D eigenvalue weighted by Crippen LogP contribution is -2.08. The standard InChI is InChI=1S/C9H11NO/c1-9(2,3)8-5-4-7(6-10)11-8/h4-5H,1-3H3. The SMILES string of the molecule is CC(C)(C)c1ccc(C#N)o1. The third kappa shape index (κ3) is 1.62. The number of hydrogen-bond donors (Lipinski definition) is 0. The van der Waals surface area contributed by atoms with Crippen molar-refractivity contribution in [3.05, 3.63) is 23.7 Å². The van der Waals surface area contributed by atoms with Gasteiger partial charge >= 0.3 is 0 Å². The van der Waals surface area contributed by atoms with E-state index in [1.807, 2.05) is 32.9 Å². The highest BCUT2D eigenvalue weighted by atomic mass is 16.3. The molecule has 0 saturated heterocycles. The van der Waals surface area contributed by atoms with Crippen molar-refractivity contribution in [2.45, 2.75) is 26.2 Å². The van der Waals surface area contributed by atoms with E-state index in [1.165, 1.54) is 0 Å². The summed E-state index contributed by atoms with van der Waals surface area (Å²) >= 11 is 0. The molecule has 58 valence electrons. The maximum atomic E-state index is 8.47. The van der Waals surface area contributed by atoms with Crippen LogP contribution >= 0.6 is 0 Å². The maximum absolute atomic E-state index is 8.47. The van der Waals surface area contributed by atoms with Gasteiger partial charge in [0.1, 0.15) is 11.8 Å². The molecular formula is C9H11NO. The van der Waals surface area contributed by atoms with Gasteiger partial charge in [-0.15, -0.1) is 0 Å². The molecule has 0 bridgehead atoms. The van der Waals surface area contributed by atoms with Crippen molar-refractivity contribution in [2.75, 3.05) is 0 Å². The van der Waals surface area contributed by atoms with E-state index in [-0.39, 0.29) is 5.41 Å². The van der Waals surface area contributed by atoms with Crippen molar-refractivity contribution in [1.82, 2.24) is 0 Å². The first kappa shape index (κ1) is 7.87. The van der Waals surface area contributed by atoms with Crippen LogP contribution < -0.4 is 0 Å². The molecule has 0 radical (unpaired) electrons. The molecule has 2 nitrogen and oxygen atoms in total. The number of nitriles is 1. The van der Waals surface area contributed by atoms with Gasteiger partial charge < -0.3 is 4.42 Å². The molecule has 1 rings (SSSR count). The first-order chi connectivity index (χ1) is 5.04. The molecule has 0 aliphatic carbocycles. The first-order valence-corrected chi connectivity index (χ1v) is 3.54. The van der Waals surface area contributed by atoms with Gasteiger partial charge in [0.2, 0.25) is 5.76 Å². The Morgan fingerprint density at radius 1 is 1.36 bits per heavy atom. The van der Waals surface area contributed by atoms with Crippen molar-refractivity contribution < 1.29 is 4.42 Å². The summed E-state index contributed by atoms with van der Waals surface area (Å²) in [5, 5.41) is 8.47. The van der Waals surface area contributed by atoms with E-state index >= 15 is 0 Å². The lowest BCUT2D eigenvalue weighted by atomic mass is 9.94. The highest BCUT2D eigenvalue weighted by Crippen LogP contribution is 2.23. The quantitative estimate of drug-likeness (QED) is 0.568. The lowest BCUT2D eigenvalue weighted by molar-refractivity contribution is 0.403. The van der Waals surface area contributed by atoms with Gasteiger partial charge in [-0.3, -0.25) is 0 Å². The summed E-state index contributed by atoms with van der Waals surface area (Å²) in [6.07, 6.45) is 0. The Morgan fingerprint density at radius 2 is 2.00 bits per heavy atom. The number of hydrogen-bond acceptors (Lipinski definition) is 2. The monoisotopic (exact) mass is 149 g/mol. The van der Waals surface area contributed by atoms with Crippen molar-refractivity contribution in [3.8, 4) is 6.07 Å². The van der Waals surface area contributed by atoms with Crippen LogP contribution in [0.3, 0.4) is 0 Å². The fourth-order valence-corrected chi connectivity index (χ4v) is 0.801. The van der Waals surface area contributed by atoms with Crippen LogP contribution in [0, 0.1) is 11.3 Å². The Kier molecular flexibility index (Phi) is 1.74. The molecule has 0 unspecified atom stereocenters. The van der Waals surface area contributed by atoms with E-state index < -0.39 is 0 Å². The van der Waals surface area contributed by atoms with Gasteiger partial charge in [0.05, 0.1) is 0 Å². The van der Waals surface area contributed by atoms with E-state index in [4.69, 9.17) is 9.68 Å². The molecule has 0 aliphatic heterocycles. The minimum absolute atomic E-state index is 0.00486. The lowest BCUT2D eigenvalue weighted by Gasteiger charge is -2.13. The Hall–Kier alpha value is -1.23. The zero-order valence-corrected chi connectivity index (χ0v) is 7.01. The summed E-state index contributed by atoms with van der Waals surface area (Å²) in [7, 11) is 0. The second-order valence-corrected chi connectivity index (χ2v) is 3.53. The highest BCUT2D eigenvalue weighted by Gasteiger charge is 2.17. The molecule has 0 fully saturated rings. The largest absolute Gasteiger partial charge is 0.450 e. The first-order valence-electron chi connectivity index (χ1n) is 3.54. The molecule has 1 aromatic rings. The molecule has 0 atom stereocenters. The molecule has 11 heavy (non-hydrogen) atoms. The van der Waals surface area contributed by atoms with Crippen molar-refractivity contribution in [1.29, 1.82) is 5.26 Å². The van der Waals surface area contributed by atoms with E-state index in [0.717, 1.165) is 5.76 Å². The van der Waals surface area contributed by atoms with Crippen LogP contribution in [0.25, 0.3) is 0 Å². The molecule has 0 aromatic carbocycles. The second-order valence-electron chi connectivity index (χ2n) is 3.53. The summed E-state index contributed by atoms with van der Waals surface area (Å²) < 4.78 is 5.24. The fraction of sp³-hybridized carbons (Fsp3) is 0.444. The molecule has 0 N–H and O–H groups in total. The van der Waals surface area contributed by atoms with Crippen LogP contribution in [0.15, 0.2) is 16.5 Å². The van der Waals surface area contributed by atoms with Crippen LogP contribution in [0.5, 0.6) is 0 Å². The summed E-state index contributed by atoms with van der Waals surface area (Å²) in [6.45, 7) is 6.15. The molecule has 2 heteroatoms. The van der Waals surface area contributed by atoms with Gasteiger partial charge in [-0.25, -0.2) is 0 Å². The number of nitrogens with zero attached hydrogens (tertiary/aromatic N) is 1. The zero-order chi connectivity index (χ0) is 8.48. The molecule has 1 heterocycles. The predicted molar refractivity (Wildman–Crippen MR) is 42.1 cm³/mol. The minimum atomic E-state index is -0.00486. The summed E-state index contributed by atoms with van der Waals surface area (Å²) in [5.74, 6) is 1.24. The van der Waals surface area contributed by atoms with Crippen molar-refractivity contribution in [2.24, 2.45) is 0 Å². The van der Waals surface area contributed by atoms with E-state index in [0.29, 0.717) is 5.76 Å². The van der Waals surface area contributed by atoms with Crippen LogP contribution in [0.4, 0.5) is 0 Å². The molecule has 0 amide bonds. The predicted octanol–water partition coefficient (Wildman–Crippen LogP) is 2.45. The molecule has 0 spiro atoms. The molecular weight excluding hydrogens is 138 g/mol. The topological polar surface area (TPSA) is 36.9 Å². The van der Waals surface area contributed by atoms with Crippen LogP contribution in [0.1, 0.15) is 32.3 Å². The number of rotatable bonds is 0. The van der Waals surface area contributed by atoms with Crippen molar-refractivity contribution in [3.63, 3.8) is 0 Å². The van der Waals surface area contributed by atoms with Crippen molar-refractivity contribution >= 4 is 0 Å². The third-order valence-electron chi connectivity index (χ3n) is 1.46. The smallest absolute Gasteiger partial charge is 0.203 e. The normalized spacial score (nSPS) is 11.1. The summed E-state index contributed by atoms with van der Waals surface area (Å²) in [4.78, 5) is 0. The highest BCUT2D eigenvalue weighted by molar-refractivity contribution is 5.22. The summed E-state index contributed by atoms with van der Waals surface area (Å²) in [6, 6.07) is 5.49. The van der Waals surface area contributed by atoms with Gasteiger partial charge in [-0.05, 0) is 12.1 Å². The average molecular weight is 149 g/mol. The van der Waals surface area contributed by atoms with E-state index in [1.54, 1.807) is 6.07 Å². The van der Waals surface area contributed by atoms with E-state index in [2.05, 4.69) is 0 Å². The molecule has 0 saturated carbocycles. The van der Waals surface area contributed by atoms with Crippen LogP contribution in [0.2, 0.25) is 0 Å². The van der Waals surface area contributed by atoms with Crippen LogP contribution in [-0.4, -0.2) is 0 Å². The summed E-state index contributed by atoms with van der Waals surface area (Å²) in [5.41, 5.74) is -0.00486. The van der Waals surface area contributed by atoms with Gasteiger partial charge in [0.25, 0.3) is 0 Å². The Bertz CT molecular complexity index is 285. The Morgan fingerprint density at radius 3 is 2.27 bits per heavy atom. The third-order valence-corrected chi connectivity index (χ3v) is 1.46. The van der Waals surface area contributed by atoms with Gasteiger partial charge in [0.15, 0.2) is 0 Å². The van der Waals surface area contributed by atoms with E-state index in [9.17, 15) is 0 Å². The zero-order valence-electron chi connectivity index (χ0n) is 7.01. The van der Waals surface area contributed by atoms with Gasteiger partial charge in [-0.2, -0.15) is 5.26 Å². The minimum Gasteiger partial charge on any atom is -0.450 e. The van der Waals surface area contributed by atoms with Gasteiger partial charge in [0, 0.05) is 5.41 Å². The Balaban J connectivity index is 3.01. The maximum Gasteiger partial charge on any atom is 0.203 e. The second kappa shape index (κ2) is 2.43. The molecule has 1 aromatic heterocycles. The Labute approximate surface area is 66.4 Å². The fourth-order valence-electron chi connectivity index (χ4n) is 0.801.